The number of hydrogen-bond acceptors (Lipinski definition) is 4. The number of anilines is 1. The number of amides is 2. The van der Waals surface area contributed by atoms with Crippen LogP contribution in [0.15, 0.2) is 24.3 Å². The molecule has 0 bridgehead atoms. The molecule has 0 spiro atoms. The number of hydrogen-bond donors (Lipinski definition) is 2. The molecule has 0 saturated heterocycles. The minimum absolute atomic E-state index is 0.189. The number of para-hydroxylation sites is 2. The lowest BCUT2D eigenvalue weighted by molar-refractivity contribution is -0.134. The number of rotatable bonds is 8. The molecule has 126 valence electrons. The molecule has 23 heavy (non-hydrogen) atoms. The normalized spacial score (nSPS) is 15.1. The van der Waals surface area contributed by atoms with Gasteiger partial charge in [0.2, 0.25) is 11.8 Å². The zero-order valence-electron chi connectivity index (χ0n) is 14.0. The van der Waals surface area contributed by atoms with Crippen LogP contribution >= 0.6 is 0 Å². The fraction of sp³-hybridized carbons (Fsp3) is 0.529. The van der Waals surface area contributed by atoms with E-state index >= 15 is 0 Å². The van der Waals surface area contributed by atoms with E-state index in [0.717, 1.165) is 6.54 Å². The highest BCUT2D eigenvalue weighted by Crippen LogP contribution is 2.47. The lowest BCUT2D eigenvalue weighted by Gasteiger charge is -2.18. The molecule has 6 nitrogen and oxygen atoms in total. The van der Waals surface area contributed by atoms with Crippen LogP contribution in [0.3, 0.4) is 0 Å². The predicted octanol–water partition coefficient (Wildman–Crippen LogP) is 1.48. The molecule has 1 aromatic carbocycles. The van der Waals surface area contributed by atoms with Gasteiger partial charge in [-0.05, 0) is 46.0 Å². The first kappa shape index (κ1) is 17.3. The van der Waals surface area contributed by atoms with Crippen molar-refractivity contribution >= 4 is 17.5 Å². The van der Waals surface area contributed by atoms with Crippen LogP contribution in [0.4, 0.5) is 5.69 Å². The molecule has 0 aliphatic heterocycles. The molecule has 0 heterocycles. The van der Waals surface area contributed by atoms with Gasteiger partial charge < -0.3 is 20.3 Å². The highest BCUT2D eigenvalue weighted by atomic mass is 16.5. The monoisotopic (exact) mass is 319 g/mol. The third-order valence-electron chi connectivity index (χ3n) is 3.90. The molecular weight excluding hydrogens is 294 g/mol. The average molecular weight is 319 g/mol. The quantitative estimate of drug-likeness (QED) is 0.712. The van der Waals surface area contributed by atoms with Gasteiger partial charge >= 0.3 is 0 Å². The van der Waals surface area contributed by atoms with Gasteiger partial charge in [0.1, 0.15) is 11.2 Å². The van der Waals surface area contributed by atoms with E-state index in [4.69, 9.17) is 4.74 Å². The summed E-state index contributed by atoms with van der Waals surface area (Å²) in [6.45, 7) is 3.69. The number of nitrogens with one attached hydrogen (secondary N) is 2. The van der Waals surface area contributed by atoms with Gasteiger partial charge in [0.15, 0.2) is 0 Å². The van der Waals surface area contributed by atoms with E-state index in [-0.39, 0.29) is 11.8 Å². The van der Waals surface area contributed by atoms with Crippen LogP contribution in [-0.4, -0.2) is 50.5 Å². The first-order valence-corrected chi connectivity index (χ1v) is 7.96. The Hall–Kier alpha value is -2.08. The number of carbonyl (C=O) groups excluding carboxylic acids is 2. The van der Waals surface area contributed by atoms with Crippen LogP contribution < -0.4 is 15.4 Å². The van der Waals surface area contributed by atoms with E-state index in [2.05, 4.69) is 10.6 Å². The molecule has 1 aliphatic carbocycles. The van der Waals surface area contributed by atoms with Crippen LogP contribution in [0.1, 0.15) is 19.8 Å². The molecule has 1 fully saturated rings. The van der Waals surface area contributed by atoms with Gasteiger partial charge in [-0.3, -0.25) is 9.59 Å². The van der Waals surface area contributed by atoms with Gasteiger partial charge in [0, 0.05) is 13.1 Å². The maximum absolute atomic E-state index is 12.6. The largest absolute Gasteiger partial charge is 0.492 e. The maximum Gasteiger partial charge on any atom is 0.240 e. The Labute approximate surface area is 137 Å². The van der Waals surface area contributed by atoms with Crippen LogP contribution in [0.25, 0.3) is 0 Å². The highest BCUT2D eigenvalue weighted by molar-refractivity contribution is 6.13. The number of carbonyl (C=O) groups is 2. The molecule has 0 unspecified atom stereocenters. The zero-order valence-corrected chi connectivity index (χ0v) is 14.0. The van der Waals surface area contributed by atoms with Gasteiger partial charge in [-0.1, -0.05) is 12.1 Å². The van der Waals surface area contributed by atoms with Crippen molar-refractivity contribution in [2.45, 2.75) is 19.8 Å². The summed E-state index contributed by atoms with van der Waals surface area (Å²) in [7, 11) is 3.88. The molecule has 2 rings (SSSR count). The summed E-state index contributed by atoms with van der Waals surface area (Å²) in [6.07, 6.45) is 1.17. The average Bonchev–Trinajstić information content (AvgIpc) is 3.31. The summed E-state index contributed by atoms with van der Waals surface area (Å²) in [4.78, 5) is 26.9. The van der Waals surface area contributed by atoms with Gasteiger partial charge in [-0.2, -0.15) is 0 Å². The van der Waals surface area contributed by atoms with E-state index in [0.29, 0.717) is 37.4 Å². The summed E-state index contributed by atoms with van der Waals surface area (Å²) < 4.78 is 5.50. The van der Waals surface area contributed by atoms with E-state index in [1.165, 1.54) is 0 Å². The van der Waals surface area contributed by atoms with Gasteiger partial charge in [-0.25, -0.2) is 0 Å². The third-order valence-corrected chi connectivity index (χ3v) is 3.90. The number of benzene rings is 1. The van der Waals surface area contributed by atoms with Crippen LogP contribution in [0.2, 0.25) is 0 Å². The molecule has 1 saturated carbocycles. The van der Waals surface area contributed by atoms with Crippen LogP contribution in [0.5, 0.6) is 5.75 Å². The Morgan fingerprint density at radius 1 is 1.22 bits per heavy atom. The van der Waals surface area contributed by atoms with Crippen molar-refractivity contribution in [2.24, 2.45) is 5.41 Å². The topological polar surface area (TPSA) is 70.7 Å². The number of nitrogens with zero attached hydrogens (tertiary/aromatic N) is 1. The third kappa shape index (κ3) is 4.22. The minimum Gasteiger partial charge on any atom is -0.492 e. The Morgan fingerprint density at radius 3 is 2.52 bits per heavy atom. The van der Waals surface area contributed by atoms with Crippen LogP contribution in [0, 0.1) is 5.41 Å². The first-order valence-electron chi connectivity index (χ1n) is 7.96. The predicted molar refractivity (Wildman–Crippen MR) is 89.5 cm³/mol. The first-order chi connectivity index (χ1) is 11.0. The minimum atomic E-state index is -0.925. The van der Waals surface area contributed by atoms with Crippen molar-refractivity contribution < 1.29 is 14.3 Å². The second-order valence-electron chi connectivity index (χ2n) is 6.02. The van der Waals surface area contributed by atoms with Crippen LogP contribution in [-0.2, 0) is 9.59 Å². The van der Waals surface area contributed by atoms with E-state index in [9.17, 15) is 9.59 Å². The summed E-state index contributed by atoms with van der Waals surface area (Å²) in [6, 6.07) is 7.26. The molecule has 6 heteroatoms. The van der Waals surface area contributed by atoms with E-state index in [1.54, 1.807) is 12.1 Å². The summed E-state index contributed by atoms with van der Waals surface area (Å²) in [5.41, 5.74) is -0.322. The SMILES string of the molecule is CCOc1ccccc1NC(=O)C1(C(=O)NCCN(C)C)CC1. The van der Waals surface area contributed by atoms with Crippen molar-refractivity contribution in [3.63, 3.8) is 0 Å². The van der Waals surface area contributed by atoms with Crippen molar-refractivity contribution in [2.75, 3.05) is 39.1 Å². The number of ether oxygens (including phenoxy) is 1. The second-order valence-corrected chi connectivity index (χ2v) is 6.02. The van der Waals surface area contributed by atoms with Gasteiger partial charge in [0.05, 0.1) is 12.3 Å². The Kier molecular flexibility index (Phi) is 5.60. The second kappa shape index (κ2) is 7.46. The molecule has 1 aromatic rings. The zero-order chi connectivity index (χ0) is 16.9. The lowest BCUT2D eigenvalue weighted by Crippen LogP contribution is -2.42. The standard InChI is InChI=1S/C17H25N3O3/c1-4-23-14-8-6-5-7-13(14)19-16(22)17(9-10-17)15(21)18-11-12-20(2)3/h5-8H,4,9-12H2,1-3H3,(H,18,21)(H,19,22). The fourth-order valence-corrected chi connectivity index (χ4v) is 2.34. The van der Waals surface area contributed by atoms with Gasteiger partial charge in [0.25, 0.3) is 0 Å². The highest BCUT2D eigenvalue weighted by Gasteiger charge is 2.56. The van der Waals surface area contributed by atoms with E-state index < -0.39 is 5.41 Å². The molecule has 2 N–H and O–H groups in total. The van der Waals surface area contributed by atoms with Gasteiger partial charge in [-0.15, -0.1) is 0 Å². The number of likely N-dealkylation sites (N-methyl/N-ethyl adjacent to an activating group) is 1. The van der Waals surface area contributed by atoms with Crippen molar-refractivity contribution in [3.8, 4) is 5.75 Å². The van der Waals surface area contributed by atoms with Crippen molar-refractivity contribution in [1.82, 2.24) is 10.2 Å². The van der Waals surface area contributed by atoms with Crippen molar-refractivity contribution in [3.05, 3.63) is 24.3 Å². The Bertz CT molecular complexity index is 568. The van der Waals surface area contributed by atoms with Crippen molar-refractivity contribution in [1.29, 1.82) is 0 Å². The fourth-order valence-electron chi connectivity index (χ4n) is 2.34. The molecule has 0 atom stereocenters. The maximum atomic E-state index is 12.6. The Balaban J connectivity index is 1.98. The molecule has 0 aromatic heterocycles. The smallest absolute Gasteiger partial charge is 0.240 e. The summed E-state index contributed by atoms with van der Waals surface area (Å²) >= 11 is 0. The molecular formula is C17H25N3O3. The lowest BCUT2D eigenvalue weighted by atomic mass is 10.0. The molecule has 2 amide bonds. The summed E-state index contributed by atoms with van der Waals surface area (Å²) in [5, 5.41) is 5.69. The molecule has 1 aliphatic rings. The summed E-state index contributed by atoms with van der Waals surface area (Å²) in [5.74, 6) is 0.171. The molecule has 0 radical (unpaired) electrons. The van der Waals surface area contributed by atoms with E-state index in [1.807, 2.05) is 38.1 Å². The Morgan fingerprint density at radius 2 is 1.91 bits per heavy atom.